The molecule has 4 nitrogen and oxygen atoms in total. The summed E-state index contributed by atoms with van der Waals surface area (Å²) in [6.45, 7) is 0. The Morgan fingerprint density at radius 2 is 2.17 bits per heavy atom. The molecular weight excluding hydrogens is 214 g/mol. The van der Waals surface area contributed by atoms with Crippen molar-refractivity contribution in [2.24, 2.45) is 0 Å². The fourth-order valence-electron chi connectivity index (χ4n) is 0.636. The Kier molecular flexibility index (Phi) is 2.34. The lowest BCUT2D eigenvalue weighted by Gasteiger charge is -1.95. The van der Waals surface area contributed by atoms with Crippen LogP contribution in [0, 0.1) is 0 Å². The highest BCUT2D eigenvalue weighted by molar-refractivity contribution is 8.13. The van der Waals surface area contributed by atoms with E-state index in [4.69, 9.17) is 10.7 Å². The first-order valence-corrected chi connectivity index (χ1v) is 5.00. The molecular formula is C4H3ClF2N2O2S. The van der Waals surface area contributed by atoms with Crippen LogP contribution in [0.2, 0.25) is 0 Å². The molecule has 1 heterocycles. The average molecular weight is 217 g/mol. The Morgan fingerprint density at radius 3 is 2.50 bits per heavy atom. The molecule has 12 heavy (non-hydrogen) atoms. The number of aromatic amines is 1. The van der Waals surface area contributed by atoms with Crippen molar-refractivity contribution < 1.29 is 17.2 Å². The summed E-state index contributed by atoms with van der Waals surface area (Å²) in [5.74, 6) is 0. The molecule has 0 aliphatic rings. The number of nitrogens with one attached hydrogen (secondary N) is 1. The topological polar surface area (TPSA) is 62.8 Å². The van der Waals surface area contributed by atoms with Gasteiger partial charge in [0.15, 0.2) is 0 Å². The molecule has 0 aliphatic heterocycles. The molecule has 0 radical (unpaired) electrons. The molecule has 1 rings (SSSR count). The van der Waals surface area contributed by atoms with E-state index in [9.17, 15) is 17.2 Å². The highest BCUT2D eigenvalue weighted by atomic mass is 35.7. The van der Waals surface area contributed by atoms with Crippen molar-refractivity contribution >= 4 is 19.7 Å². The molecule has 0 atom stereocenters. The number of hydrogen-bond donors (Lipinski definition) is 1. The summed E-state index contributed by atoms with van der Waals surface area (Å²) in [5, 5.41) is 4.99. The van der Waals surface area contributed by atoms with E-state index >= 15 is 0 Å². The second kappa shape index (κ2) is 2.98. The van der Waals surface area contributed by atoms with Gasteiger partial charge in [-0.2, -0.15) is 5.10 Å². The normalized spacial score (nSPS) is 12.3. The molecule has 8 heteroatoms. The Labute approximate surface area is 71.0 Å². The molecule has 0 aliphatic carbocycles. The summed E-state index contributed by atoms with van der Waals surface area (Å²) in [6, 6.07) is 0. The third kappa shape index (κ3) is 1.72. The first kappa shape index (κ1) is 9.40. The molecule has 68 valence electrons. The summed E-state index contributed by atoms with van der Waals surface area (Å²) in [4.78, 5) is -0.681. The Bertz CT molecular complexity index is 374. The van der Waals surface area contributed by atoms with Gasteiger partial charge >= 0.3 is 0 Å². The molecule has 1 N–H and O–H groups in total. The molecule has 0 saturated carbocycles. The second-order valence-electron chi connectivity index (χ2n) is 1.89. The fraction of sp³-hybridized carbons (Fsp3) is 0.250. The predicted molar refractivity (Wildman–Crippen MR) is 36.6 cm³/mol. The Morgan fingerprint density at radius 1 is 1.58 bits per heavy atom. The minimum Gasteiger partial charge on any atom is -0.275 e. The van der Waals surface area contributed by atoms with Crippen LogP contribution in [-0.4, -0.2) is 18.6 Å². The number of H-pyrrole nitrogens is 1. The third-order valence-corrected chi connectivity index (χ3v) is 2.46. The molecule has 0 spiro atoms. The lowest BCUT2D eigenvalue weighted by atomic mass is 10.5. The standard InChI is InChI=1S/C4H3ClF2N2O2S/c5-12(10,11)2-1-8-9-3(2)4(6)7/h1,4H,(H,8,9). The van der Waals surface area contributed by atoms with Crippen LogP contribution in [0.4, 0.5) is 8.78 Å². The van der Waals surface area contributed by atoms with Gasteiger partial charge in [-0.3, -0.25) is 5.10 Å². The molecule has 1 aromatic rings. The molecule has 0 saturated heterocycles. The Balaban J connectivity index is 3.26. The fourth-order valence-corrected chi connectivity index (χ4v) is 1.58. The van der Waals surface area contributed by atoms with Crippen LogP contribution in [-0.2, 0) is 9.05 Å². The van der Waals surface area contributed by atoms with Crippen molar-refractivity contribution in [2.75, 3.05) is 0 Å². The largest absolute Gasteiger partial charge is 0.281 e. The van der Waals surface area contributed by atoms with Gasteiger partial charge in [0.2, 0.25) is 0 Å². The highest BCUT2D eigenvalue weighted by Crippen LogP contribution is 2.25. The van der Waals surface area contributed by atoms with Crippen molar-refractivity contribution in [1.29, 1.82) is 0 Å². The van der Waals surface area contributed by atoms with Crippen LogP contribution in [0.3, 0.4) is 0 Å². The third-order valence-electron chi connectivity index (χ3n) is 1.11. The quantitative estimate of drug-likeness (QED) is 0.758. The first-order valence-electron chi connectivity index (χ1n) is 2.69. The van der Waals surface area contributed by atoms with Crippen LogP contribution in [0.25, 0.3) is 0 Å². The van der Waals surface area contributed by atoms with Gasteiger partial charge < -0.3 is 0 Å². The first-order chi connectivity index (χ1) is 5.43. The van der Waals surface area contributed by atoms with E-state index in [-0.39, 0.29) is 0 Å². The molecule has 0 fully saturated rings. The summed E-state index contributed by atoms with van der Waals surface area (Å²) >= 11 is 0. The summed E-state index contributed by atoms with van der Waals surface area (Å²) in [5.41, 5.74) is -0.787. The smallest absolute Gasteiger partial charge is 0.275 e. The maximum absolute atomic E-state index is 12.0. The van der Waals surface area contributed by atoms with E-state index in [2.05, 4.69) is 5.10 Å². The van der Waals surface area contributed by atoms with Gasteiger partial charge in [0.1, 0.15) is 10.6 Å². The van der Waals surface area contributed by atoms with Crippen LogP contribution in [0.15, 0.2) is 11.1 Å². The van der Waals surface area contributed by atoms with E-state index in [1.807, 2.05) is 5.10 Å². The summed E-state index contributed by atoms with van der Waals surface area (Å²) in [7, 11) is 0.691. The zero-order chi connectivity index (χ0) is 9.35. The van der Waals surface area contributed by atoms with E-state index in [1.54, 1.807) is 0 Å². The van der Waals surface area contributed by atoms with E-state index in [1.165, 1.54) is 0 Å². The molecule has 0 bridgehead atoms. The molecule has 1 aromatic heterocycles. The van der Waals surface area contributed by atoms with Gasteiger partial charge in [-0.05, 0) is 0 Å². The van der Waals surface area contributed by atoms with Crippen LogP contribution in [0.1, 0.15) is 12.1 Å². The zero-order valence-corrected chi connectivity index (χ0v) is 7.03. The maximum Gasteiger partial charge on any atom is 0.281 e. The summed E-state index contributed by atoms with van der Waals surface area (Å²) < 4.78 is 45.2. The maximum atomic E-state index is 12.0. The monoisotopic (exact) mass is 216 g/mol. The molecule has 0 amide bonds. The van der Waals surface area contributed by atoms with E-state index in [0.29, 0.717) is 0 Å². The van der Waals surface area contributed by atoms with Crippen LogP contribution in [0.5, 0.6) is 0 Å². The van der Waals surface area contributed by atoms with Gasteiger partial charge in [-0.15, -0.1) is 0 Å². The minimum atomic E-state index is -4.14. The SMILES string of the molecule is O=S(=O)(Cl)c1cn[nH]c1C(F)F. The van der Waals surface area contributed by atoms with Gasteiger partial charge in [0.25, 0.3) is 15.5 Å². The summed E-state index contributed by atoms with van der Waals surface area (Å²) in [6.07, 6.45) is -2.19. The Hall–Kier alpha value is -0.690. The highest BCUT2D eigenvalue weighted by Gasteiger charge is 2.23. The lowest BCUT2D eigenvalue weighted by Crippen LogP contribution is -1.95. The van der Waals surface area contributed by atoms with Crippen molar-refractivity contribution in [1.82, 2.24) is 10.2 Å². The zero-order valence-electron chi connectivity index (χ0n) is 5.46. The van der Waals surface area contributed by atoms with Crippen molar-refractivity contribution in [3.05, 3.63) is 11.9 Å². The van der Waals surface area contributed by atoms with Crippen molar-refractivity contribution in [3.63, 3.8) is 0 Å². The number of nitrogens with zero attached hydrogens (tertiary/aromatic N) is 1. The van der Waals surface area contributed by atoms with Crippen molar-refractivity contribution in [3.8, 4) is 0 Å². The van der Waals surface area contributed by atoms with Gasteiger partial charge in [-0.1, -0.05) is 0 Å². The van der Waals surface area contributed by atoms with Crippen molar-refractivity contribution in [2.45, 2.75) is 11.3 Å². The average Bonchev–Trinajstić information content (AvgIpc) is 2.30. The minimum absolute atomic E-state index is 0.681. The lowest BCUT2D eigenvalue weighted by molar-refractivity contribution is 0.142. The van der Waals surface area contributed by atoms with Crippen LogP contribution >= 0.6 is 10.7 Å². The van der Waals surface area contributed by atoms with Crippen LogP contribution < -0.4 is 0 Å². The van der Waals surface area contributed by atoms with E-state index in [0.717, 1.165) is 6.20 Å². The number of hydrogen-bond acceptors (Lipinski definition) is 3. The second-order valence-corrected chi connectivity index (χ2v) is 4.42. The number of halogens is 3. The number of alkyl halides is 2. The molecule has 0 aromatic carbocycles. The number of aromatic nitrogens is 2. The predicted octanol–water partition coefficient (Wildman–Crippen LogP) is 1.27. The molecule has 0 unspecified atom stereocenters. The van der Waals surface area contributed by atoms with Gasteiger partial charge in [0, 0.05) is 10.7 Å². The number of rotatable bonds is 2. The van der Waals surface area contributed by atoms with Gasteiger partial charge in [-0.25, -0.2) is 17.2 Å². The van der Waals surface area contributed by atoms with Gasteiger partial charge in [0.05, 0.1) is 6.20 Å². The van der Waals surface area contributed by atoms with E-state index < -0.39 is 26.1 Å².